The zero-order chi connectivity index (χ0) is 12.3. The summed E-state index contributed by atoms with van der Waals surface area (Å²) in [6.07, 6.45) is 9.25. The van der Waals surface area contributed by atoms with E-state index in [1.54, 1.807) is 6.20 Å². The van der Waals surface area contributed by atoms with Crippen LogP contribution in [0, 0.1) is 9.49 Å². The third-order valence-electron chi connectivity index (χ3n) is 3.71. The van der Waals surface area contributed by atoms with Crippen molar-refractivity contribution in [2.75, 3.05) is 0 Å². The fraction of sp³-hybridized carbons (Fsp3) is 0.692. The van der Waals surface area contributed by atoms with Gasteiger partial charge in [0.15, 0.2) is 0 Å². The van der Waals surface area contributed by atoms with E-state index in [1.165, 1.54) is 38.5 Å². The quantitative estimate of drug-likeness (QED) is 0.852. The van der Waals surface area contributed by atoms with E-state index in [4.69, 9.17) is 0 Å². The molecule has 1 saturated carbocycles. The summed E-state index contributed by atoms with van der Waals surface area (Å²) in [6, 6.07) is 0. The Bertz CT molecular complexity index is 422. The highest BCUT2D eigenvalue weighted by Gasteiger charge is 2.23. The molecule has 4 heteroatoms. The average molecular weight is 346 g/mol. The van der Waals surface area contributed by atoms with Crippen molar-refractivity contribution in [3.05, 3.63) is 25.9 Å². The maximum Gasteiger partial charge on any atom is 0.264 e. The van der Waals surface area contributed by atoms with Gasteiger partial charge < -0.3 is 4.98 Å². The molecule has 1 aliphatic rings. The second-order valence-corrected chi connectivity index (χ2v) is 6.11. The monoisotopic (exact) mass is 346 g/mol. The molecule has 1 aromatic heterocycles. The van der Waals surface area contributed by atoms with Gasteiger partial charge in [0, 0.05) is 12.1 Å². The first-order valence-electron chi connectivity index (χ1n) is 6.45. The molecule has 0 saturated heterocycles. The van der Waals surface area contributed by atoms with Crippen molar-refractivity contribution in [1.29, 1.82) is 0 Å². The van der Waals surface area contributed by atoms with E-state index < -0.39 is 0 Å². The summed E-state index contributed by atoms with van der Waals surface area (Å²) in [5, 5.41) is 0. The summed E-state index contributed by atoms with van der Waals surface area (Å²) in [7, 11) is 0. The zero-order valence-corrected chi connectivity index (χ0v) is 12.4. The van der Waals surface area contributed by atoms with Crippen LogP contribution in [0.2, 0.25) is 0 Å². The minimum absolute atomic E-state index is 0.00582. The van der Waals surface area contributed by atoms with Gasteiger partial charge in [0.2, 0.25) is 0 Å². The molecule has 1 fully saturated rings. The van der Waals surface area contributed by atoms with Crippen molar-refractivity contribution >= 4 is 22.6 Å². The number of nitrogens with one attached hydrogen (secondary N) is 1. The van der Waals surface area contributed by atoms with Crippen LogP contribution < -0.4 is 5.56 Å². The number of nitrogens with zero attached hydrogens (tertiary/aromatic N) is 1. The number of halogens is 1. The van der Waals surface area contributed by atoms with Gasteiger partial charge in [-0.3, -0.25) is 4.79 Å². The Balaban J connectivity index is 2.00. The van der Waals surface area contributed by atoms with Gasteiger partial charge in [0.25, 0.3) is 5.56 Å². The lowest BCUT2D eigenvalue weighted by Crippen LogP contribution is -2.20. The highest BCUT2D eigenvalue weighted by atomic mass is 127. The van der Waals surface area contributed by atoms with E-state index in [1.807, 2.05) is 22.6 Å². The van der Waals surface area contributed by atoms with E-state index in [0.717, 1.165) is 11.7 Å². The van der Waals surface area contributed by atoms with Crippen LogP contribution in [-0.2, 0) is 0 Å². The largest absolute Gasteiger partial charge is 0.309 e. The number of hydrogen-bond donors (Lipinski definition) is 1. The SMILES string of the molecule is CCCC1CCC(c2ncc(I)c(=O)[nH]2)CC1. The van der Waals surface area contributed by atoms with Gasteiger partial charge in [-0.05, 0) is 54.2 Å². The van der Waals surface area contributed by atoms with Crippen molar-refractivity contribution in [2.45, 2.75) is 51.4 Å². The second-order valence-electron chi connectivity index (χ2n) is 4.95. The molecule has 0 atom stereocenters. The summed E-state index contributed by atoms with van der Waals surface area (Å²) in [6.45, 7) is 2.25. The topological polar surface area (TPSA) is 45.8 Å². The number of H-pyrrole nitrogens is 1. The Morgan fingerprint density at radius 2 is 2.12 bits per heavy atom. The van der Waals surface area contributed by atoms with E-state index in [-0.39, 0.29) is 5.56 Å². The number of aromatic amines is 1. The van der Waals surface area contributed by atoms with Crippen molar-refractivity contribution in [3.63, 3.8) is 0 Å². The number of rotatable bonds is 3. The van der Waals surface area contributed by atoms with E-state index in [9.17, 15) is 4.79 Å². The Kier molecular flexibility index (Phi) is 4.59. The molecular weight excluding hydrogens is 327 g/mol. The Morgan fingerprint density at radius 3 is 2.71 bits per heavy atom. The van der Waals surface area contributed by atoms with Crippen LogP contribution in [0.4, 0.5) is 0 Å². The lowest BCUT2D eigenvalue weighted by atomic mass is 9.80. The Hall–Kier alpha value is -0.390. The number of aromatic nitrogens is 2. The van der Waals surface area contributed by atoms with Crippen LogP contribution in [0.3, 0.4) is 0 Å². The zero-order valence-electron chi connectivity index (χ0n) is 10.2. The van der Waals surface area contributed by atoms with Crippen molar-refractivity contribution < 1.29 is 0 Å². The second kappa shape index (κ2) is 5.98. The van der Waals surface area contributed by atoms with Crippen LogP contribution in [0.25, 0.3) is 0 Å². The maximum atomic E-state index is 11.5. The highest BCUT2D eigenvalue weighted by Crippen LogP contribution is 2.35. The summed E-state index contributed by atoms with van der Waals surface area (Å²) in [5.41, 5.74) is 0.00582. The lowest BCUT2D eigenvalue weighted by Gasteiger charge is -2.27. The molecule has 0 unspecified atom stereocenters. The third kappa shape index (κ3) is 3.30. The summed E-state index contributed by atoms with van der Waals surface area (Å²) < 4.78 is 0.672. The molecule has 2 rings (SSSR count). The molecule has 94 valence electrons. The molecule has 1 aliphatic carbocycles. The minimum Gasteiger partial charge on any atom is -0.309 e. The molecule has 1 aromatic rings. The first-order valence-corrected chi connectivity index (χ1v) is 7.53. The summed E-state index contributed by atoms with van der Waals surface area (Å²) in [5.74, 6) is 2.25. The molecule has 0 radical (unpaired) electrons. The van der Waals surface area contributed by atoms with Crippen LogP contribution in [-0.4, -0.2) is 9.97 Å². The first kappa shape index (κ1) is 13.1. The Morgan fingerprint density at radius 1 is 1.41 bits per heavy atom. The summed E-state index contributed by atoms with van der Waals surface area (Å²) >= 11 is 2.02. The van der Waals surface area contributed by atoms with Gasteiger partial charge in [0.1, 0.15) is 5.82 Å². The van der Waals surface area contributed by atoms with Crippen molar-refractivity contribution in [3.8, 4) is 0 Å². The molecule has 0 amide bonds. The van der Waals surface area contributed by atoms with E-state index >= 15 is 0 Å². The third-order valence-corrected chi connectivity index (χ3v) is 4.47. The predicted octanol–water partition coefficient (Wildman–Crippen LogP) is 3.45. The molecule has 1 N–H and O–H groups in total. The number of hydrogen-bond acceptors (Lipinski definition) is 2. The van der Waals surface area contributed by atoms with Gasteiger partial charge in [-0.2, -0.15) is 0 Å². The van der Waals surface area contributed by atoms with Gasteiger partial charge in [-0.1, -0.05) is 19.8 Å². The summed E-state index contributed by atoms with van der Waals surface area (Å²) in [4.78, 5) is 18.8. The fourth-order valence-electron chi connectivity index (χ4n) is 2.73. The molecular formula is C13H19IN2O. The van der Waals surface area contributed by atoms with Gasteiger partial charge in [-0.25, -0.2) is 4.98 Å². The van der Waals surface area contributed by atoms with E-state index in [0.29, 0.717) is 9.49 Å². The molecule has 0 aliphatic heterocycles. The standard InChI is InChI=1S/C13H19IN2O/c1-2-3-9-4-6-10(7-5-9)12-15-8-11(14)13(17)16-12/h8-10H,2-7H2,1H3,(H,15,16,17). The predicted molar refractivity (Wildman–Crippen MR) is 77.2 cm³/mol. The molecule has 1 heterocycles. The van der Waals surface area contributed by atoms with Crippen molar-refractivity contribution in [1.82, 2.24) is 9.97 Å². The van der Waals surface area contributed by atoms with Crippen LogP contribution >= 0.6 is 22.6 Å². The molecule has 0 aromatic carbocycles. The Labute approximate surface area is 116 Å². The van der Waals surface area contributed by atoms with Gasteiger partial charge in [0.05, 0.1) is 3.57 Å². The maximum absolute atomic E-state index is 11.5. The fourth-order valence-corrected chi connectivity index (χ4v) is 3.01. The van der Waals surface area contributed by atoms with E-state index in [2.05, 4.69) is 16.9 Å². The molecule has 0 spiro atoms. The lowest BCUT2D eigenvalue weighted by molar-refractivity contribution is 0.302. The average Bonchev–Trinajstić information content (AvgIpc) is 2.34. The van der Waals surface area contributed by atoms with Gasteiger partial charge >= 0.3 is 0 Å². The first-order chi connectivity index (χ1) is 8.20. The van der Waals surface area contributed by atoms with Crippen LogP contribution in [0.1, 0.15) is 57.2 Å². The molecule has 0 bridgehead atoms. The molecule has 3 nitrogen and oxygen atoms in total. The van der Waals surface area contributed by atoms with Crippen LogP contribution in [0.15, 0.2) is 11.0 Å². The normalized spacial score (nSPS) is 24.8. The smallest absolute Gasteiger partial charge is 0.264 e. The van der Waals surface area contributed by atoms with Crippen molar-refractivity contribution in [2.24, 2.45) is 5.92 Å². The minimum atomic E-state index is 0.00582. The highest BCUT2D eigenvalue weighted by molar-refractivity contribution is 14.1. The molecule has 17 heavy (non-hydrogen) atoms. The van der Waals surface area contributed by atoms with Gasteiger partial charge in [-0.15, -0.1) is 0 Å². The van der Waals surface area contributed by atoms with Crippen LogP contribution in [0.5, 0.6) is 0 Å².